The minimum atomic E-state index is 0.179. The molecule has 0 radical (unpaired) electrons. The highest BCUT2D eigenvalue weighted by Gasteiger charge is 2.29. The smallest absolute Gasteiger partial charge is 0.209 e. The van der Waals surface area contributed by atoms with Gasteiger partial charge in [-0.25, -0.2) is 0 Å². The van der Waals surface area contributed by atoms with Gasteiger partial charge in [-0.3, -0.25) is 4.79 Å². The van der Waals surface area contributed by atoms with Crippen LogP contribution in [0.5, 0.6) is 0 Å². The van der Waals surface area contributed by atoms with Crippen LogP contribution in [0.1, 0.15) is 47.1 Å². The quantitative estimate of drug-likeness (QED) is 0.752. The Bertz CT molecular complexity index is 698. The van der Waals surface area contributed by atoms with Crippen molar-refractivity contribution >= 4 is 18.0 Å². The van der Waals surface area contributed by atoms with Gasteiger partial charge in [0.25, 0.3) is 0 Å². The first-order valence-electron chi connectivity index (χ1n) is 7.64. The second-order valence-corrected chi connectivity index (χ2v) is 6.46. The number of fused-ring (bicyclic) bond motifs is 1. The molecule has 0 bridgehead atoms. The summed E-state index contributed by atoms with van der Waals surface area (Å²) in [5.74, 6) is 0.378. The van der Waals surface area contributed by atoms with Crippen LogP contribution in [0.25, 0.3) is 0 Å². The first-order chi connectivity index (χ1) is 10.6. The lowest BCUT2D eigenvalue weighted by atomic mass is 9.76. The zero-order valence-corrected chi connectivity index (χ0v) is 13.7. The molecule has 1 amide bonds. The molecule has 0 spiro atoms. The van der Waals surface area contributed by atoms with Crippen molar-refractivity contribution in [3.8, 4) is 0 Å². The van der Waals surface area contributed by atoms with E-state index in [0.29, 0.717) is 5.92 Å². The molecular formula is C19H20ClNO. The van der Waals surface area contributed by atoms with Gasteiger partial charge in [-0.2, -0.15) is 0 Å². The van der Waals surface area contributed by atoms with Crippen LogP contribution in [0.15, 0.2) is 42.5 Å². The number of benzene rings is 2. The van der Waals surface area contributed by atoms with Crippen LogP contribution >= 0.6 is 11.6 Å². The summed E-state index contributed by atoms with van der Waals surface area (Å²) >= 11 is 6.16. The van der Waals surface area contributed by atoms with Crippen molar-refractivity contribution in [1.82, 2.24) is 4.90 Å². The fourth-order valence-electron chi connectivity index (χ4n) is 3.49. The van der Waals surface area contributed by atoms with Gasteiger partial charge < -0.3 is 4.90 Å². The first-order valence-corrected chi connectivity index (χ1v) is 8.01. The number of halogens is 1. The van der Waals surface area contributed by atoms with E-state index in [2.05, 4.69) is 36.4 Å². The molecule has 0 N–H and O–H groups in total. The standard InChI is InChI=1S/C19H20ClNO/c1-13-11-14(7-9-18(13)20)15-8-10-19(21(2)12-22)17-6-4-3-5-16(15)17/h3-7,9,11-12,15,19H,8,10H2,1-2H3. The van der Waals surface area contributed by atoms with Crippen LogP contribution in [0, 0.1) is 6.92 Å². The number of nitrogens with zero attached hydrogens (tertiary/aromatic N) is 1. The van der Waals surface area contributed by atoms with Gasteiger partial charge in [0.05, 0.1) is 6.04 Å². The van der Waals surface area contributed by atoms with E-state index in [1.54, 1.807) is 4.90 Å². The first kappa shape index (κ1) is 15.1. The molecule has 0 saturated carbocycles. The Morgan fingerprint density at radius 3 is 2.55 bits per heavy atom. The molecule has 0 aliphatic heterocycles. The van der Waals surface area contributed by atoms with Gasteiger partial charge in [-0.1, -0.05) is 48.0 Å². The topological polar surface area (TPSA) is 20.3 Å². The lowest BCUT2D eigenvalue weighted by molar-refractivity contribution is -0.119. The van der Waals surface area contributed by atoms with Crippen LogP contribution in [-0.2, 0) is 4.79 Å². The molecule has 2 aromatic carbocycles. The summed E-state index contributed by atoms with van der Waals surface area (Å²) < 4.78 is 0. The Labute approximate surface area is 136 Å². The summed E-state index contributed by atoms with van der Waals surface area (Å²) in [6.07, 6.45) is 2.95. The number of hydrogen-bond acceptors (Lipinski definition) is 1. The van der Waals surface area contributed by atoms with Gasteiger partial charge in [0.15, 0.2) is 0 Å². The third kappa shape index (κ3) is 2.64. The number of carbonyl (C=O) groups is 1. The molecule has 0 saturated heterocycles. The van der Waals surface area contributed by atoms with Crippen molar-refractivity contribution in [3.05, 3.63) is 69.7 Å². The second-order valence-electron chi connectivity index (χ2n) is 6.05. The Balaban J connectivity index is 2.04. The van der Waals surface area contributed by atoms with Crippen LogP contribution in [0.2, 0.25) is 5.02 Å². The highest BCUT2D eigenvalue weighted by molar-refractivity contribution is 6.31. The predicted octanol–water partition coefficient (Wildman–Crippen LogP) is 4.70. The minimum absolute atomic E-state index is 0.179. The zero-order valence-electron chi connectivity index (χ0n) is 12.9. The van der Waals surface area contributed by atoms with Crippen LogP contribution in [0.3, 0.4) is 0 Å². The van der Waals surface area contributed by atoms with Gasteiger partial charge in [-0.15, -0.1) is 0 Å². The monoisotopic (exact) mass is 313 g/mol. The highest BCUT2D eigenvalue weighted by atomic mass is 35.5. The third-order valence-corrected chi connectivity index (χ3v) is 5.13. The van der Waals surface area contributed by atoms with E-state index in [4.69, 9.17) is 11.6 Å². The molecule has 3 rings (SSSR count). The van der Waals surface area contributed by atoms with Crippen LogP contribution < -0.4 is 0 Å². The number of amides is 1. The van der Waals surface area contributed by atoms with Crippen molar-refractivity contribution in [1.29, 1.82) is 0 Å². The van der Waals surface area contributed by atoms with Crippen LogP contribution in [-0.4, -0.2) is 18.4 Å². The molecule has 114 valence electrons. The van der Waals surface area contributed by atoms with E-state index in [1.807, 2.05) is 20.0 Å². The van der Waals surface area contributed by atoms with Gasteiger partial charge >= 0.3 is 0 Å². The molecular weight excluding hydrogens is 294 g/mol. The van der Waals surface area contributed by atoms with Gasteiger partial charge in [0.1, 0.15) is 0 Å². The summed E-state index contributed by atoms with van der Waals surface area (Å²) in [5, 5.41) is 0.811. The van der Waals surface area contributed by atoms with Crippen molar-refractivity contribution in [3.63, 3.8) is 0 Å². The lowest BCUT2D eigenvalue weighted by Crippen LogP contribution is -2.28. The van der Waals surface area contributed by atoms with Crippen LogP contribution in [0.4, 0.5) is 0 Å². The number of rotatable bonds is 3. The molecule has 22 heavy (non-hydrogen) atoms. The third-order valence-electron chi connectivity index (χ3n) is 4.70. The molecule has 0 heterocycles. The molecule has 1 aliphatic rings. The van der Waals surface area contributed by atoms with E-state index in [1.165, 1.54) is 16.7 Å². The zero-order chi connectivity index (χ0) is 15.7. The van der Waals surface area contributed by atoms with Crippen molar-refractivity contribution in [2.45, 2.75) is 31.7 Å². The van der Waals surface area contributed by atoms with Crippen molar-refractivity contribution in [2.24, 2.45) is 0 Å². The molecule has 2 nitrogen and oxygen atoms in total. The maximum atomic E-state index is 11.2. The molecule has 2 atom stereocenters. The maximum absolute atomic E-state index is 11.2. The normalized spacial score (nSPS) is 20.3. The van der Waals surface area contributed by atoms with E-state index in [9.17, 15) is 4.79 Å². The van der Waals surface area contributed by atoms with E-state index < -0.39 is 0 Å². The van der Waals surface area contributed by atoms with E-state index in [-0.39, 0.29) is 6.04 Å². The fourth-order valence-corrected chi connectivity index (χ4v) is 3.61. The molecule has 0 fully saturated rings. The summed E-state index contributed by atoms with van der Waals surface area (Å²) in [5.41, 5.74) is 5.01. The van der Waals surface area contributed by atoms with E-state index in [0.717, 1.165) is 29.8 Å². The van der Waals surface area contributed by atoms with E-state index >= 15 is 0 Å². The SMILES string of the molecule is Cc1cc(C2CCC(N(C)C=O)c3ccccc32)ccc1Cl. The Morgan fingerprint density at radius 2 is 1.86 bits per heavy atom. The summed E-state index contributed by atoms with van der Waals surface area (Å²) in [6.45, 7) is 2.05. The second kappa shape index (κ2) is 6.13. The van der Waals surface area contributed by atoms with Gasteiger partial charge in [0.2, 0.25) is 6.41 Å². The fraction of sp³-hybridized carbons (Fsp3) is 0.316. The number of carbonyl (C=O) groups excluding carboxylic acids is 1. The van der Waals surface area contributed by atoms with Gasteiger partial charge in [-0.05, 0) is 48.1 Å². The predicted molar refractivity (Wildman–Crippen MR) is 90.3 cm³/mol. The average molecular weight is 314 g/mol. The summed E-state index contributed by atoms with van der Waals surface area (Å²) in [6, 6.07) is 15.0. The van der Waals surface area contributed by atoms with Crippen molar-refractivity contribution in [2.75, 3.05) is 7.05 Å². The molecule has 1 aliphatic carbocycles. The largest absolute Gasteiger partial charge is 0.341 e. The maximum Gasteiger partial charge on any atom is 0.209 e. The average Bonchev–Trinajstić information content (AvgIpc) is 2.55. The highest BCUT2D eigenvalue weighted by Crippen LogP contribution is 2.43. The van der Waals surface area contributed by atoms with Crippen molar-refractivity contribution < 1.29 is 4.79 Å². The Kier molecular flexibility index (Phi) is 4.21. The Hall–Kier alpha value is -1.80. The minimum Gasteiger partial charge on any atom is -0.341 e. The Morgan fingerprint density at radius 1 is 1.14 bits per heavy atom. The number of hydrogen-bond donors (Lipinski definition) is 0. The molecule has 2 aromatic rings. The summed E-state index contributed by atoms with van der Waals surface area (Å²) in [7, 11) is 1.86. The molecule has 2 unspecified atom stereocenters. The summed E-state index contributed by atoms with van der Waals surface area (Å²) in [4.78, 5) is 12.9. The van der Waals surface area contributed by atoms with Gasteiger partial charge in [0, 0.05) is 18.0 Å². The molecule has 3 heteroatoms. The lowest BCUT2D eigenvalue weighted by Gasteiger charge is -2.35. The number of aryl methyl sites for hydroxylation is 1. The molecule has 0 aromatic heterocycles.